The molecule has 0 radical (unpaired) electrons. The van der Waals surface area contributed by atoms with Gasteiger partial charge in [0.1, 0.15) is 0 Å². The Morgan fingerprint density at radius 1 is 1.03 bits per heavy atom. The van der Waals surface area contributed by atoms with Crippen LogP contribution in [0, 0.1) is 0 Å². The summed E-state index contributed by atoms with van der Waals surface area (Å²) in [6.07, 6.45) is 2.28. The molecule has 0 amide bonds. The Morgan fingerprint density at radius 2 is 1.86 bits per heavy atom. The monoisotopic (exact) mass is 398 g/mol. The molecule has 6 nitrogen and oxygen atoms in total. The summed E-state index contributed by atoms with van der Waals surface area (Å²) in [5.41, 5.74) is 9.52. The van der Waals surface area contributed by atoms with Gasteiger partial charge in [0.25, 0.3) is 0 Å². The Hall–Kier alpha value is -1.96. The first kappa shape index (κ1) is 20.3. The zero-order valence-corrected chi connectivity index (χ0v) is 16.6. The van der Waals surface area contributed by atoms with E-state index in [1.54, 1.807) is 0 Å². The fourth-order valence-electron chi connectivity index (χ4n) is 4.34. The number of aliphatic hydroxyl groups is 2. The minimum Gasteiger partial charge on any atom is -0.399 e. The molecule has 29 heavy (non-hydrogen) atoms. The molecule has 6 heteroatoms. The first-order chi connectivity index (χ1) is 14.2. The Labute approximate surface area is 171 Å². The predicted octanol–water partition coefficient (Wildman–Crippen LogP) is 2.76. The molecule has 0 unspecified atom stereocenters. The maximum atomic E-state index is 9.66. The highest BCUT2D eigenvalue weighted by atomic mass is 16.7. The highest BCUT2D eigenvalue weighted by Crippen LogP contribution is 2.39. The number of benzene rings is 2. The van der Waals surface area contributed by atoms with Crippen LogP contribution in [0.4, 0.5) is 5.69 Å². The van der Waals surface area contributed by atoms with Crippen molar-refractivity contribution in [3.8, 4) is 0 Å². The van der Waals surface area contributed by atoms with Crippen molar-refractivity contribution in [2.45, 2.75) is 50.4 Å². The summed E-state index contributed by atoms with van der Waals surface area (Å²) in [7, 11) is 0. The second-order valence-electron chi connectivity index (χ2n) is 7.99. The number of rotatable bonds is 6. The second kappa shape index (κ2) is 9.24. The lowest BCUT2D eigenvalue weighted by Crippen LogP contribution is -2.42. The van der Waals surface area contributed by atoms with Crippen LogP contribution in [0.25, 0.3) is 0 Å². The molecule has 2 fully saturated rings. The molecule has 4 N–H and O–H groups in total. The minimum absolute atomic E-state index is 0.00940. The van der Waals surface area contributed by atoms with Crippen LogP contribution in [-0.4, -0.2) is 47.0 Å². The molecule has 2 aliphatic heterocycles. The quantitative estimate of drug-likeness (QED) is 0.649. The Morgan fingerprint density at radius 3 is 2.59 bits per heavy atom. The van der Waals surface area contributed by atoms with Gasteiger partial charge in [0, 0.05) is 30.3 Å². The average molecular weight is 399 g/mol. The van der Waals surface area contributed by atoms with E-state index in [1.807, 2.05) is 48.5 Å². The van der Waals surface area contributed by atoms with Gasteiger partial charge in [-0.25, -0.2) is 0 Å². The molecule has 2 aliphatic rings. The van der Waals surface area contributed by atoms with Crippen molar-refractivity contribution in [2.24, 2.45) is 0 Å². The standard InChI is InChI=1S/C23H30N2O4/c24-19-4-1-3-18(11-19)23-28-21(13-25-10-2-5-20(25)15-27)12-22(29-23)17-8-6-16(14-26)7-9-17/h1,3-4,6-9,11,20-23,26-27H,2,5,10,12-15,24H2/t20-,21-,22+,23+/m0/s1. The van der Waals surface area contributed by atoms with Crippen LogP contribution in [0.5, 0.6) is 0 Å². The zero-order chi connectivity index (χ0) is 20.2. The molecule has 2 heterocycles. The van der Waals surface area contributed by atoms with Gasteiger partial charge in [0.05, 0.1) is 25.4 Å². The van der Waals surface area contributed by atoms with E-state index in [0.717, 1.165) is 49.0 Å². The number of aliphatic hydroxyl groups excluding tert-OH is 2. The minimum atomic E-state index is -0.491. The molecular formula is C23H30N2O4. The largest absolute Gasteiger partial charge is 0.399 e. The van der Waals surface area contributed by atoms with Crippen molar-refractivity contribution in [3.05, 3.63) is 65.2 Å². The number of nitrogens with two attached hydrogens (primary N) is 1. The first-order valence-electron chi connectivity index (χ1n) is 10.4. The third kappa shape index (κ3) is 4.79. The van der Waals surface area contributed by atoms with Crippen LogP contribution in [0.3, 0.4) is 0 Å². The van der Waals surface area contributed by atoms with Crippen molar-refractivity contribution in [1.82, 2.24) is 4.90 Å². The van der Waals surface area contributed by atoms with Crippen LogP contribution in [0.15, 0.2) is 48.5 Å². The van der Waals surface area contributed by atoms with E-state index >= 15 is 0 Å². The summed E-state index contributed by atoms with van der Waals surface area (Å²) in [5.74, 6) is 0. The van der Waals surface area contributed by atoms with Crippen LogP contribution in [0.1, 0.15) is 48.3 Å². The predicted molar refractivity (Wildman–Crippen MR) is 111 cm³/mol. The first-order valence-corrected chi connectivity index (χ1v) is 10.4. The molecule has 4 rings (SSSR count). The number of anilines is 1. The van der Waals surface area contributed by atoms with Gasteiger partial charge in [-0.2, -0.15) is 0 Å². The molecule has 2 aromatic rings. The Balaban J connectivity index is 1.55. The lowest BCUT2D eigenvalue weighted by atomic mass is 9.99. The van der Waals surface area contributed by atoms with Crippen molar-refractivity contribution in [1.29, 1.82) is 0 Å². The maximum Gasteiger partial charge on any atom is 0.185 e. The molecular weight excluding hydrogens is 368 g/mol. The lowest BCUT2D eigenvalue weighted by Gasteiger charge is -2.38. The van der Waals surface area contributed by atoms with Gasteiger partial charge in [-0.1, -0.05) is 36.4 Å². The van der Waals surface area contributed by atoms with Crippen LogP contribution in [-0.2, 0) is 16.1 Å². The maximum absolute atomic E-state index is 9.66. The van der Waals surface area contributed by atoms with Gasteiger partial charge in [0.15, 0.2) is 6.29 Å². The number of likely N-dealkylation sites (tertiary alicyclic amines) is 1. The molecule has 2 aromatic carbocycles. The Bertz CT molecular complexity index is 798. The van der Waals surface area contributed by atoms with E-state index in [0.29, 0.717) is 5.69 Å². The van der Waals surface area contributed by atoms with Gasteiger partial charge < -0.3 is 25.4 Å². The van der Waals surface area contributed by atoms with Crippen molar-refractivity contribution in [3.63, 3.8) is 0 Å². The third-order valence-corrected chi connectivity index (χ3v) is 5.95. The van der Waals surface area contributed by atoms with Crippen LogP contribution < -0.4 is 5.73 Å². The van der Waals surface area contributed by atoms with E-state index < -0.39 is 6.29 Å². The SMILES string of the molecule is Nc1cccc([C@@H]2O[C@H](CN3CCC[C@H]3CO)C[C@H](c3ccc(CO)cc3)O2)c1. The van der Waals surface area contributed by atoms with Crippen molar-refractivity contribution < 1.29 is 19.7 Å². The fourth-order valence-corrected chi connectivity index (χ4v) is 4.34. The summed E-state index contributed by atoms with van der Waals surface area (Å²) in [6, 6.07) is 15.7. The molecule has 4 atom stereocenters. The lowest BCUT2D eigenvalue weighted by molar-refractivity contribution is -0.253. The van der Waals surface area contributed by atoms with Gasteiger partial charge in [0.2, 0.25) is 0 Å². The highest BCUT2D eigenvalue weighted by Gasteiger charge is 2.35. The zero-order valence-electron chi connectivity index (χ0n) is 16.6. The normalized spacial score (nSPS) is 27.9. The number of nitrogen functional groups attached to an aromatic ring is 1. The smallest absolute Gasteiger partial charge is 0.185 e. The van der Waals surface area contributed by atoms with Crippen LogP contribution in [0.2, 0.25) is 0 Å². The summed E-state index contributed by atoms with van der Waals surface area (Å²) >= 11 is 0. The molecule has 0 bridgehead atoms. The van der Waals surface area contributed by atoms with E-state index in [4.69, 9.17) is 15.2 Å². The summed E-state index contributed by atoms with van der Waals surface area (Å²) in [5, 5.41) is 19.0. The van der Waals surface area contributed by atoms with Gasteiger partial charge >= 0.3 is 0 Å². The van der Waals surface area contributed by atoms with E-state index in [-0.39, 0.29) is 31.5 Å². The van der Waals surface area contributed by atoms with Crippen molar-refractivity contribution in [2.75, 3.05) is 25.4 Å². The van der Waals surface area contributed by atoms with Crippen molar-refractivity contribution >= 4 is 5.69 Å². The third-order valence-electron chi connectivity index (χ3n) is 5.95. The van der Waals surface area contributed by atoms with Crippen LogP contribution >= 0.6 is 0 Å². The van der Waals surface area contributed by atoms with E-state index in [9.17, 15) is 10.2 Å². The van der Waals surface area contributed by atoms with Gasteiger partial charge in [-0.15, -0.1) is 0 Å². The Kier molecular flexibility index (Phi) is 6.47. The second-order valence-corrected chi connectivity index (χ2v) is 7.99. The summed E-state index contributed by atoms with van der Waals surface area (Å²) in [4.78, 5) is 2.33. The molecule has 2 saturated heterocycles. The molecule has 156 valence electrons. The van der Waals surface area contributed by atoms with E-state index in [2.05, 4.69) is 4.90 Å². The summed E-state index contributed by atoms with van der Waals surface area (Å²) < 4.78 is 12.7. The highest BCUT2D eigenvalue weighted by molar-refractivity contribution is 5.41. The molecule has 0 aromatic heterocycles. The molecule has 0 spiro atoms. The van der Waals surface area contributed by atoms with Gasteiger partial charge in [-0.3, -0.25) is 4.90 Å². The topological polar surface area (TPSA) is 88.2 Å². The number of hydrogen-bond acceptors (Lipinski definition) is 6. The van der Waals surface area contributed by atoms with E-state index in [1.165, 1.54) is 0 Å². The molecule has 0 saturated carbocycles. The summed E-state index contributed by atoms with van der Waals surface area (Å²) in [6.45, 7) is 1.98. The average Bonchev–Trinajstić information content (AvgIpc) is 3.20. The number of nitrogens with zero attached hydrogens (tertiary/aromatic N) is 1. The number of ether oxygens (including phenoxy) is 2. The van der Waals surface area contributed by atoms with Gasteiger partial charge in [-0.05, 0) is 42.6 Å². The fraction of sp³-hybridized carbons (Fsp3) is 0.478. The molecule has 0 aliphatic carbocycles. The number of hydrogen-bond donors (Lipinski definition) is 3.